The van der Waals surface area contributed by atoms with E-state index in [1.54, 1.807) is 12.1 Å². The largest absolute Gasteiger partial charge is 0.481 e. The van der Waals surface area contributed by atoms with Gasteiger partial charge in [0.25, 0.3) is 0 Å². The number of benzene rings is 4. The average Bonchev–Trinajstić information content (AvgIpc) is 3.10. The molecule has 4 N–H and O–H groups in total. The smallest absolute Gasteiger partial charge is 0.336 e. The van der Waals surface area contributed by atoms with Gasteiger partial charge in [-0.05, 0) is 52.4 Å². The Morgan fingerprint density at radius 3 is 2.23 bits per heavy atom. The Labute approximate surface area is 283 Å². The summed E-state index contributed by atoms with van der Waals surface area (Å²) < 4.78 is 13.1. The minimum Gasteiger partial charge on any atom is -0.481 e. The molecule has 0 spiro atoms. The fraction of sp³-hybridized carbons (Fsp3) is 0.289. The van der Waals surface area contributed by atoms with E-state index in [2.05, 4.69) is 12.2 Å². The maximum atomic E-state index is 12.1. The fourth-order valence-corrected chi connectivity index (χ4v) is 6.85. The number of carboxylic acids is 2. The first kappa shape index (κ1) is 34.8. The van der Waals surface area contributed by atoms with E-state index in [1.165, 1.54) is 11.8 Å². The van der Waals surface area contributed by atoms with Crippen molar-refractivity contribution in [3.05, 3.63) is 125 Å². The number of hydrogen-bond acceptors (Lipinski definition) is 7. The van der Waals surface area contributed by atoms with Crippen LogP contribution in [0.3, 0.4) is 0 Å². The predicted molar refractivity (Wildman–Crippen MR) is 182 cm³/mol. The Morgan fingerprint density at radius 1 is 0.792 bits per heavy atom. The highest BCUT2D eigenvalue weighted by molar-refractivity contribution is 7.99. The molecule has 250 valence electrons. The van der Waals surface area contributed by atoms with Gasteiger partial charge in [-0.15, -0.1) is 11.8 Å². The molecular formula is C38H39NO8S. The molecule has 10 heteroatoms. The van der Waals surface area contributed by atoms with Gasteiger partial charge in [-0.2, -0.15) is 0 Å². The highest BCUT2D eigenvalue weighted by atomic mass is 32.2. The topological polar surface area (TPSA) is 142 Å². The second-order valence-corrected chi connectivity index (χ2v) is 12.8. The second-order valence-electron chi connectivity index (χ2n) is 11.8. The lowest BCUT2D eigenvalue weighted by Gasteiger charge is -2.41. The molecule has 0 aromatic heterocycles. The van der Waals surface area contributed by atoms with Gasteiger partial charge >= 0.3 is 11.9 Å². The van der Waals surface area contributed by atoms with Gasteiger partial charge in [0.05, 0.1) is 24.4 Å². The molecule has 0 unspecified atom stereocenters. The normalized spacial score (nSPS) is 19.0. The highest BCUT2D eigenvalue weighted by Crippen LogP contribution is 2.43. The summed E-state index contributed by atoms with van der Waals surface area (Å²) in [6, 6.07) is 30.5. The van der Waals surface area contributed by atoms with Gasteiger partial charge in [-0.1, -0.05) is 85.8 Å². The number of ether oxygens (including phenoxy) is 2. The number of aliphatic carboxylic acids is 1. The van der Waals surface area contributed by atoms with Crippen LogP contribution in [0.5, 0.6) is 0 Å². The van der Waals surface area contributed by atoms with Crippen molar-refractivity contribution in [2.24, 2.45) is 5.92 Å². The van der Waals surface area contributed by atoms with Crippen molar-refractivity contribution in [1.29, 1.82) is 0 Å². The van der Waals surface area contributed by atoms with Crippen LogP contribution in [0.4, 0.5) is 0 Å². The standard InChI is InChI=1S/C38H39NO8S/c1-24-32(23-48-33-9-3-2-8-31(33)37(44)45)46-38(47-36(24)28-14-12-25(22-40)13-15-28)29-18-16-27(17-19-29)30-7-4-6-26(20-30)21-39-34(41)10-5-11-35(42)43/h2-4,6-9,12-20,24,32,36,38,40H,5,10-11,21-23H2,1H3,(H,39,41)(H,42,43)(H,44,45)/t24-,32+,36+,38+/m0/s1. The zero-order chi connectivity index (χ0) is 34.0. The molecule has 5 rings (SSSR count). The first-order valence-corrected chi connectivity index (χ1v) is 16.8. The predicted octanol–water partition coefficient (Wildman–Crippen LogP) is 7.00. The number of carboxylic acid groups (broad SMARTS) is 2. The van der Waals surface area contributed by atoms with Gasteiger partial charge in [-0.25, -0.2) is 4.79 Å². The molecule has 48 heavy (non-hydrogen) atoms. The lowest BCUT2D eigenvalue weighted by Crippen LogP contribution is -2.38. The van der Waals surface area contributed by atoms with Crippen molar-refractivity contribution in [3.8, 4) is 11.1 Å². The molecule has 0 aliphatic carbocycles. The molecule has 0 bridgehead atoms. The third kappa shape index (κ3) is 9.11. The van der Waals surface area contributed by atoms with Gasteiger partial charge in [-0.3, -0.25) is 9.59 Å². The number of thioether (sulfide) groups is 1. The lowest BCUT2D eigenvalue weighted by atomic mass is 9.91. The van der Waals surface area contributed by atoms with E-state index in [0.717, 1.165) is 33.4 Å². The van der Waals surface area contributed by atoms with Crippen LogP contribution < -0.4 is 5.32 Å². The molecule has 1 amide bonds. The van der Waals surface area contributed by atoms with Crippen molar-refractivity contribution in [1.82, 2.24) is 5.32 Å². The summed E-state index contributed by atoms with van der Waals surface area (Å²) in [5.41, 5.74) is 5.76. The second kappa shape index (κ2) is 16.6. The maximum Gasteiger partial charge on any atom is 0.336 e. The molecule has 4 atom stereocenters. The van der Waals surface area contributed by atoms with Crippen LogP contribution in [0, 0.1) is 5.92 Å². The number of hydrogen-bond donors (Lipinski definition) is 4. The third-order valence-electron chi connectivity index (χ3n) is 8.37. The molecule has 0 saturated carbocycles. The summed E-state index contributed by atoms with van der Waals surface area (Å²) >= 11 is 1.45. The van der Waals surface area contributed by atoms with E-state index in [9.17, 15) is 24.6 Å². The van der Waals surface area contributed by atoms with Gasteiger partial charge in [0.2, 0.25) is 5.91 Å². The number of rotatable bonds is 14. The quantitative estimate of drug-likeness (QED) is 0.104. The molecule has 0 radical (unpaired) electrons. The maximum absolute atomic E-state index is 12.1. The van der Waals surface area contributed by atoms with Gasteiger partial charge in [0.1, 0.15) is 0 Å². The molecule has 1 aliphatic heterocycles. The first-order valence-electron chi connectivity index (χ1n) is 15.9. The third-order valence-corrected chi connectivity index (χ3v) is 9.53. The van der Waals surface area contributed by atoms with Crippen LogP contribution in [0.25, 0.3) is 11.1 Å². The Hall–Kier alpha value is -4.48. The molecule has 4 aromatic carbocycles. The Morgan fingerprint density at radius 2 is 1.52 bits per heavy atom. The number of amides is 1. The Kier molecular flexibility index (Phi) is 12.0. The zero-order valence-corrected chi connectivity index (χ0v) is 27.4. The van der Waals surface area contributed by atoms with Crippen molar-refractivity contribution in [2.75, 3.05) is 5.75 Å². The molecular weight excluding hydrogens is 630 g/mol. The summed E-state index contributed by atoms with van der Waals surface area (Å²) in [5, 5.41) is 30.9. The number of aliphatic hydroxyl groups is 1. The van der Waals surface area contributed by atoms with E-state index in [-0.39, 0.29) is 49.0 Å². The van der Waals surface area contributed by atoms with Crippen LogP contribution in [0.2, 0.25) is 0 Å². The van der Waals surface area contributed by atoms with E-state index >= 15 is 0 Å². The number of nitrogens with one attached hydrogen (secondary N) is 1. The summed E-state index contributed by atoms with van der Waals surface area (Å²) in [4.78, 5) is 35.3. The van der Waals surface area contributed by atoms with Crippen LogP contribution in [0.1, 0.15) is 71.2 Å². The van der Waals surface area contributed by atoms with Crippen molar-refractivity contribution >= 4 is 29.6 Å². The van der Waals surface area contributed by atoms with E-state index in [0.29, 0.717) is 23.6 Å². The number of carbonyl (C=O) groups is 3. The van der Waals surface area contributed by atoms with Crippen molar-refractivity contribution in [2.45, 2.75) is 62.7 Å². The number of carbonyl (C=O) groups excluding carboxylic acids is 1. The molecule has 1 aliphatic rings. The first-order chi connectivity index (χ1) is 23.2. The summed E-state index contributed by atoms with van der Waals surface area (Å²) in [6.07, 6.45) is -0.784. The number of aromatic carboxylic acids is 1. The molecule has 1 heterocycles. The monoisotopic (exact) mass is 669 g/mol. The van der Waals surface area contributed by atoms with E-state index in [1.807, 2.05) is 84.9 Å². The van der Waals surface area contributed by atoms with Gasteiger partial charge in [0, 0.05) is 41.5 Å². The van der Waals surface area contributed by atoms with E-state index in [4.69, 9.17) is 14.6 Å². The highest BCUT2D eigenvalue weighted by Gasteiger charge is 2.38. The molecule has 1 fully saturated rings. The summed E-state index contributed by atoms with van der Waals surface area (Å²) in [6.45, 7) is 2.37. The van der Waals surface area contributed by atoms with Crippen LogP contribution in [0.15, 0.2) is 102 Å². The van der Waals surface area contributed by atoms with E-state index < -0.39 is 18.2 Å². The molecule has 4 aromatic rings. The van der Waals surface area contributed by atoms with Gasteiger partial charge < -0.3 is 30.1 Å². The minimum absolute atomic E-state index is 0.0335. The zero-order valence-electron chi connectivity index (χ0n) is 26.6. The van der Waals surface area contributed by atoms with Crippen LogP contribution in [-0.4, -0.2) is 45.0 Å². The van der Waals surface area contributed by atoms with Crippen molar-refractivity contribution < 1.29 is 39.2 Å². The van der Waals surface area contributed by atoms with Crippen LogP contribution >= 0.6 is 11.8 Å². The lowest BCUT2D eigenvalue weighted by molar-refractivity contribution is -0.268. The summed E-state index contributed by atoms with van der Waals surface area (Å²) in [5.74, 6) is -1.59. The SMILES string of the molecule is C[C@H]1[C@@H](CSc2ccccc2C(=O)O)O[C@@H](c2ccc(-c3cccc(CNC(=O)CCCC(=O)O)c3)cc2)O[C@H]1c1ccc(CO)cc1. The number of aliphatic hydroxyl groups excluding tert-OH is 1. The molecule has 9 nitrogen and oxygen atoms in total. The fourth-order valence-electron chi connectivity index (χ4n) is 5.63. The van der Waals surface area contributed by atoms with Gasteiger partial charge in [0.15, 0.2) is 6.29 Å². The molecule has 1 saturated heterocycles. The average molecular weight is 670 g/mol. The Balaban J connectivity index is 1.31. The van der Waals surface area contributed by atoms with Crippen molar-refractivity contribution in [3.63, 3.8) is 0 Å². The summed E-state index contributed by atoms with van der Waals surface area (Å²) in [7, 11) is 0. The minimum atomic E-state index is -0.970. The Bertz CT molecular complexity index is 1710. The van der Waals surface area contributed by atoms with Crippen LogP contribution in [-0.2, 0) is 32.2 Å².